The van der Waals surface area contributed by atoms with Crippen LogP contribution in [0.5, 0.6) is 0 Å². The SMILES string of the molecule is C.C#C[123I].[123I]c1cn(Cc2ccccc2)nn1.[N-]=[N+]=NCc1ccccc1. The molecule has 1 heterocycles. The maximum Gasteiger partial charge on any atom is 0.143 e. The summed E-state index contributed by atoms with van der Waals surface area (Å²) in [7, 11) is 0. The van der Waals surface area contributed by atoms with E-state index < -0.39 is 0 Å². The van der Waals surface area contributed by atoms with Gasteiger partial charge in [0.1, 0.15) is 3.70 Å². The molecule has 0 fully saturated rings. The quantitative estimate of drug-likeness (QED) is 0.124. The van der Waals surface area contributed by atoms with Gasteiger partial charge in [0, 0.05) is 27.5 Å². The standard InChI is InChI=1S/C9H8IN3.C7H7N3.C2HI.CH4/c10-9-7-13(12-11-9)6-8-4-2-1-3-5-8;8-10-9-6-7-4-2-1-3-5-7;1-2-3;/h1-5,7H,6H2;1-5H,6H2;1H;1H4/i10-4;;3-4;. The first-order chi connectivity index (χ1) is 12.7. The molecule has 0 spiro atoms. The molecule has 0 atom stereocenters. The number of aromatic nitrogens is 3. The summed E-state index contributed by atoms with van der Waals surface area (Å²) in [5, 5.41) is 11.3. The number of nitrogens with zero attached hydrogens (tertiary/aromatic N) is 6. The summed E-state index contributed by atoms with van der Waals surface area (Å²) < 4.78 is 4.98. The van der Waals surface area contributed by atoms with Crippen molar-refractivity contribution in [3.8, 4) is 10.4 Å². The molecule has 2 aromatic carbocycles. The van der Waals surface area contributed by atoms with Gasteiger partial charge in [0.05, 0.1) is 19.3 Å². The van der Waals surface area contributed by atoms with Crippen molar-refractivity contribution in [3.05, 3.63) is 92.1 Å². The summed E-state index contributed by atoms with van der Waals surface area (Å²) in [6.07, 6.45) is 6.51. The third kappa shape index (κ3) is 12.0. The van der Waals surface area contributed by atoms with E-state index in [1.165, 1.54) is 5.56 Å². The van der Waals surface area contributed by atoms with Crippen molar-refractivity contribution in [1.82, 2.24) is 15.0 Å². The smallest absolute Gasteiger partial charge is 0.143 e. The Morgan fingerprint density at radius 1 is 1.07 bits per heavy atom. The Hall–Kier alpha value is -2.09. The fraction of sp³-hybridized carbons (Fsp3) is 0.158. The Morgan fingerprint density at radius 3 is 2.04 bits per heavy atom. The number of halogens is 2. The van der Waals surface area contributed by atoms with Gasteiger partial charge in [-0.2, -0.15) is 0 Å². The Morgan fingerprint density at radius 2 is 1.59 bits per heavy atom. The number of terminal acetylenes is 1. The second-order valence-electron chi connectivity index (χ2n) is 4.71. The molecular weight excluding hydrogens is 558 g/mol. The lowest BCUT2D eigenvalue weighted by Gasteiger charge is -1.98. The zero-order valence-corrected chi connectivity index (χ0v) is 18.1. The third-order valence-electron chi connectivity index (χ3n) is 2.86. The predicted octanol–water partition coefficient (Wildman–Crippen LogP) is 6.08. The molecule has 27 heavy (non-hydrogen) atoms. The van der Waals surface area contributed by atoms with Gasteiger partial charge in [0.15, 0.2) is 0 Å². The minimum Gasteiger partial charge on any atom is -0.247 e. The van der Waals surface area contributed by atoms with Crippen molar-refractivity contribution in [2.24, 2.45) is 5.11 Å². The van der Waals surface area contributed by atoms with E-state index in [9.17, 15) is 0 Å². The van der Waals surface area contributed by atoms with E-state index in [2.05, 4.69) is 65.4 Å². The van der Waals surface area contributed by atoms with Crippen molar-refractivity contribution in [2.45, 2.75) is 20.5 Å². The lowest BCUT2D eigenvalue weighted by atomic mass is 10.2. The molecule has 0 N–H and O–H groups in total. The van der Waals surface area contributed by atoms with E-state index in [4.69, 9.17) is 5.53 Å². The fourth-order valence-electron chi connectivity index (χ4n) is 1.82. The summed E-state index contributed by atoms with van der Waals surface area (Å²) in [4.78, 5) is 2.66. The van der Waals surface area contributed by atoms with Crippen molar-refractivity contribution in [1.29, 1.82) is 0 Å². The Balaban J connectivity index is 0.000000435. The van der Waals surface area contributed by atoms with E-state index in [0.29, 0.717) is 6.54 Å². The molecule has 0 aliphatic carbocycles. The summed E-state index contributed by atoms with van der Waals surface area (Å²) in [5.41, 5.74) is 10.3. The predicted molar refractivity (Wildman–Crippen MR) is 127 cm³/mol. The van der Waals surface area contributed by atoms with Crippen LogP contribution >= 0.6 is 45.2 Å². The highest BCUT2D eigenvalue weighted by molar-refractivity contribution is 14.1. The molecule has 1 aromatic heterocycles. The molecule has 0 amide bonds. The Bertz CT molecular complexity index is 837. The van der Waals surface area contributed by atoms with E-state index >= 15 is 0 Å². The first-order valence-corrected chi connectivity index (χ1v) is 9.56. The first kappa shape index (κ1) is 24.9. The molecule has 0 bridgehead atoms. The lowest BCUT2D eigenvalue weighted by Crippen LogP contribution is -1.99. The molecule has 3 rings (SSSR count). The van der Waals surface area contributed by atoms with Gasteiger partial charge in [-0.3, -0.25) is 0 Å². The van der Waals surface area contributed by atoms with Gasteiger partial charge in [-0.05, 0) is 43.2 Å². The second kappa shape index (κ2) is 16.1. The summed E-state index contributed by atoms with van der Waals surface area (Å²) in [5.74, 6) is 0. The van der Waals surface area contributed by atoms with Gasteiger partial charge in [-0.15, -0.1) is 11.5 Å². The summed E-state index contributed by atoms with van der Waals surface area (Å²) in [6.45, 7) is 1.23. The van der Waals surface area contributed by atoms with Crippen LogP contribution in [-0.2, 0) is 13.1 Å². The van der Waals surface area contributed by atoms with Crippen LogP contribution in [0.3, 0.4) is 0 Å². The van der Waals surface area contributed by atoms with E-state index in [0.717, 1.165) is 15.8 Å². The van der Waals surface area contributed by atoms with Gasteiger partial charge in [0.2, 0.25) is 0 Å². The van der Waals surface area contributed by atoms with Crippen LogP contribution in [0.15, 0.2) is 72.0 Å². The van der Waals surface area contributed by atoms with Crippen LogP contribution in [0.4, 0.5) is 0 Å². The monoisotopic (exact) mass is 578 g/mol. The average Bonchev–Trinajstić information content (AvgIpc) is 3.08. The normalized spacial score (nSPS) is 8.33. The van der Waals surface area contributed by atoms with Crippen molar-refractivity contribution >= 4 is 45.2 Å². The van der Waals surface area contributed by atoms with Crippen LogP contribution in [0, 0.1) is 14.1 Å². The van der Waals surface area contributed by atoms with Crippen LogP contribution in [-0.4, -0.2) is 15.0 Å². The molecular formula is C19H20I2N6. The van der Waals surface area contributed by atoms with Crippen LogP contribution in [0.25, 0.3) is 10.4 Å². The highest BCUT2D eigenvalue weighted by Crippen LogP contribution is 2.03. The van der Waals surface area contributed by atoms with Crippen LogP contribution in [0.1, 0.15) is 18.6 Å². The minimum atomic E-state index is 0. The van der Waals surface area contributed by atoms with E-state index in [1.807, 2.05) is 82.0 Å². The van der Waals surface area contributed by atoms with Crippen LogP contribution < -0.4 is 0 Å². The van der Waals surface area contributed by atoms with Crippen LogP contribution in [0.2, 0.25) is 0 Å². The number of hydrogen-bond donors (Lipinski definition) is 0. The molecule has 0 radical (unpaired) electrons. The number of azide groups is 1. The molecule has 0 aliphatic heterocycles. The maximum atomic E-state index is 7.99. The maximum absolute atomic E-state index is 7.99. The molecule has 0 saturated carbocycles. The molecule has 8 heteroatoms. The minimum absolute atomic E-state index is 0. The highest BCUT2D eigenvalue weighted by Gasteiger charge is 1.96. The van der Waals surface area contributed by atoms with Crippen molar-refractivity contribution < 1.29 is 0 Å². The Kier molecular flexibility index (Phi) is 14.9. The number of rotatable bonds is 4. The topological polar surface area (TPSA) is 79.5 Å². The first-order valence-electron chi connectivity index (χ1n) is 7.40. The fourth-order valence-corrected chi connectivity index (χ4v) is 2.24. The van der Waals surface area contributed by atoms with Crippen molar-refractivity contribution in [2.75, 3.05) is 0 Å². The number of hydrogen-bond acceptors (Lipinski definition) is 3. The van der Waals surface area contributed by atoms with Crippen molar-refractivity contribution in [3.63, 3.8) is 0 Å². The zero-order valence-electron chi connectivity index (χ0n) is 13.8. The lowest BCUT2D eigenvalue weighted by molar-refractivity contribution is 0.649. The molecule has 6 nitrogen and oxygen atoms in total. The summed E-state index contributed by atoms with van der Waals surface area (Å²) >= 11 is 3.97. The molecule has 3 aromatic rings. The molecule has 0 unspecified atom stereocenters. The average molecular weight is 578 g/mol. The van der Waals surface area contributed by atoms with Gasteiger partial charge in [-0.25, -0.2) is 4.68 Å². The molecule has 0 aliphatic rings. The van der Waals surface area contributed by atoms with Gasteiger partial charge < -0.3 is 0 Å². The number of benzene rings is 2. The largest absolute Gasteiger partial charge is 0.247 e. The van der Waals surface area contributed by atoms with E-state index in [1.54, 1.807) is 0 Å². The van der Waals surface area contributed by atoms with E-state index in [-0.39, 0.29) is 7.43 Å². The highest BCUT2D eigenvalue weighted by atomic mass is 123. The van der Waals surface area contributed by atoms with Gasteiger partial charge in [0.25, 0.3) is 0 Å². The third-order valence-corrected chi connectivity index (χ3v) is 3.35. The molecule has 140 valence electrons. The summed E-state index contributed by atoms with van der Waals surface area (Å²) in [6, 6.07) is 19.8. The Labute approximate surface area is 187 Å². The second-order valence-corrected chi connectivity index (χ2v) is 6.44. The van der Waals surface area contributed by atoms with Gasteiger partial charge >= 0.3 is 0 Å². The van der Waals surface area contributed by atoms with Gasteiger partial charge in [-0.1, -0.05) is 78.4 Å². The zero-order chi connectivity index (χ0) is 19.0. The molecule has 0 saturated heterocycles.